The van der Waals surface area contributed by atoms with E-state index >= 15 is 0 Å². The fourth-order valence-corrected chi connectivity index (χ4v) is 6.65. The molecule has 0 bridgehead atoms. The fraction of sp³-hybridized carbons (Fsp3) is 0.225. The average Bonchev–Trinajstić information content (AvgIpc) is 3.47. The van der Waals surface area contributed by atoms with E-state index in [1.807, 2.05) is 87.2 Å². The molecular weight excluding hydrogens is 626 g/mol. The maximum Gasteiger partial charge on any atom is 0.255 e. The van der Waals surface area contributed by atoms with Crippen molar-refractivity contribution < 1.29 is 14.4 Å². The number of fused-ring (bicyclic) bond motifs is 1. The van der Waals surface area contributed by atoms with Gasteiger partial charge in [-0.3, -0.25) is 24.6 Å². The molecule has 1 N–H and O–H groups in total. The van der Waals surface area contributed by atoms with Gasteiger partial charge < -0.3 is 14.7 Å². The molecule has 7 rings (SSSR count). The number of rotatable bonds is 11. The van der Waals surface area contributed by atoms with E-state index in [9.17, 15) is 14.4 Å². The van der Waals surface area contributed by atoms with Crippen molar-refractivity contribution in [1.29, 1.82) is 0 Å². The summed E-state index contributed by atoms with van der Waals surface area (Å²) in [6, 6.07) is 33.9. The van der Waals surface area contributed by atoms with Crippen molar-refractivity contribution in [3.05, 3.63) is 143 Å². The van der Waals surface area contributed by atoms with Crippen molar-refractivity contribution >= 4 is 40.7 Å². The summed E-state index contributed by atoms with van der Waals surface area (Å²) in [7, 11) is 4.02. The second-order valence-electron chi connectivity index (χ2n) is 12.9. The fourth-order valence-electron chi connectivity index (χ4n) is 6.65. The van der Waals surface area contributed by atoms with E-state index < -0.39 is 11.9 Å². The van der Waals surface area contributed by atoms with E-state index in [2.05, 4.69) is 62.5 Å². The van der Waals surface area contributed by atoms with Gasteiger partial charge in [0, 0.05) is 76.0 Å². The number of para-hydroxylation sites is 2. The minimum absolute atomic E-state index is 0.170. The summed E-state index contributed by atoms with van der Waals surface area (Å²) in [6.07, 6.45) is 4.43. The molecule has 2 aromatic heterocycles. The second-order valence-corrected chi connectivity index (χ2v) is 12.9. The molecule has 1 unspecified atom stereocenters. The molecule has 3 amide bonds. The minimum Gasteiger partial charge on any atom is -0.329 e. The molecule has 10 nitrogen and oxygen atoms in total. The van der Waals surface area contributed by atoms with Gasteiger partial charge in [-0.1, -0.05) is 60.7 Å². The molecule has 252 valence electrons. The summed E-state index contributed by atoms with van der Waals surface area (Å²) in [4.78, 5) is 55.2. The normalized spacial score (nSPS) is 15.6. The Morgan fingerprint density at radius 3 is 1.76 bits per heavy atom. The van der Waals surface area contributed by atoms with Crippen molar-refractivity contribution in [3.63, 3.8) is 0 Å². The van der Waals surface area contributed by atoms with Gasteiger partial charge >= 0.3 is 0 Å². The molecule has 1 atom stereocenters. The molecule has 1 fully saturated rings. The van der Waals surface area contributed by atoms with Crippen LogP contribution in [-0.4, -0.2) is 57.6 Å². The van der Waals surface area contributed by atoms with Gasteiger partial charge in [-0.25, -0.2) is 9.97 Å². The Kier molecular flexibility index (Phi) is 9.35. The Morgan fingerprint density at radius 2 is 1.24 bits per heavy atom. The van der Waals surface area contributed by atoms with E-state index in [-0.39, 0.29) is 18.2 Å². The summed E-state index contributed by atoms with van der Waals surface area (Å²) in [6.45, 7) is 2.25. The first-order chi connectivity index (χ1) is 24.3. The molecule has 5 aromatic rings. The number of nitrogens with one attached hydrogen (secondary N) is 1. The summed E-state index contributed by atoms with van der Waals surface area (Å²) in [5.74, 6) is 0.850. The first kappa shape index (κ1) is 32.7. The maximum atomic E-state index is 13.3. The molecule has 3 aromatic carbocycles. The molecule has 2 aliphatic heterocycles. The Bertz CT molecular complexity index is 1900. The zero-order valence-electron chi connectivity index (χ0n) is 28.2. The Morgan fingerprint density at radius 1 is 0.700 bits per heavy atom. The predicted octanol–water partition coefficient (Wildman–Crippen LogP) is 5.98. The van der Waals surface area contributed by atoms with Gasteiger partial charge in [0.1, 0.15) is 17.7 Å². The first-order valence-electron chi connectivity index (χ1n) is 16.8. The van der Waals surface area contributed by atoms with E-state index in [1.54, 1.807) is 4.90 Å². The van der Waals surface area contributed by atoms with Gasteiger partial charge in [0.15, 0.2) is 0 Å². The highest BCUT2D eigenvalue weighted by Crippen LogP contribution is 2.29. The topological polar surface area (TPSA) is 102 Å². The lowest BCUT2D eigenvalue weighted by molar-refractivity contribution is -0.136. The Balaban J connectivity index is 1.10. The highest BCUT2D eigenvalue weighted by Gasteiger charge is 2.39. The van der Waals surface area contributed by atoms with Crippen LogP contribution in [0.1, 0.15) is 45.5 Å². The molecule has 50 heavy (non-hydrogen) atoms. The van der Waals surface area contributed by atoms with Gasteiger partial charge in [0.05, 0.1) is 0 Å². The number of hydrogen-bond acceptors (Lipinski definition) is 8. The smallest absolute Gasteiger partial charge is 0.255 e. The number of carbonyl (C=O) groups excluding carboxylic acids is 3. The minimum atomic E-state index is -0.639. The van der Waals surface area contributed by atoms with Crippen molar-refractivity contribution in [2.75, 3.05) is 23.9 Å². The van der Waals surface area contributed by atoms with Crippen LogP contribution in [0.15, 0.2) is 116 Å². The number of pyridine rings is 2. The third-order valence-corrected chi connectivity index (χ3v) is 9.40. The number of imide groups is 1. The predicted molar refractivity (Wildman–Crippen MR) is 193 cm³/mol. The van der Waals surface area contributed by atoms with E-state index in [1.165, 1.54) is 0 Å². The number of nitrogens with zero attached hydrogens (tertiary/aromatic N) is 6. The lowest BCUT2D eigenvalue weighted by Gasteiger charge is -2.29. The first-order valence-corrected chi connectivity index (χ1v) is 16.8. The largest absolute Gasteiger partial charge is 0.329 e. The number of piperidine rings is 1. The van der Waals surface area contributed by atoms with Crippen LogP contribution in [0.2, 0.25) is 0 Å². The highest BCUT2D eigenvalue weighted by molar-refractivity contribution is 6.05. The Labute approximate surface area is 292 Å². The van der Waals surface area contributed by atoms with Crippen molar-refractivity contribution in [2.45, 2.75) is 45.1 Å². The SMILES string of the molecule is CN(c1ccccc1)c1ccc(CN(Cc2ccc(N(C)c3ccccc3)nc2)Cc2ccc3c(c2)CN(C2CCC(=O)NC2=O)C3=O)cn1. The van der Waals surface area contributed by atoms with Gasteiger partial charge in [-0.05, 0) is 71.1 Å². The Hall–Kier alpha value is -5.87. The number of amides is 3. The molecule has 1 saturated heterocycles. The zero-order chi connectivity index (χ0) is 34.6. The van der Waals surface area contributed by atoms with Crippen molar-refractivity contribution in [1.82, 2.24) is 25.1 Å². The monoisotopic (exact) mass is 665 g/mol. The summed E-state index contributed by atoms with van der Waals surface area (Å²) >= 11 is 0. The van der Waals surface area contributed by atoms with E-state index in [0.29, 0.717) is 38.2 Å². The number of aromatic nitrogens is 2. The van der Waals surface area contributed by atoms with Crippen LogP contribution in [0.4, 0.5) is 23.0 Å². The number of carbonyl (C=O) groups is 3. The molecule has 10 heteroatoms. The summed E-state index contributed by atoms with van der Waals surface area (Å²) in [5, 5.41) is 2.38. The highest BCUT2D eigenvalue weighted by atomic mass is 16.2. The van der Waals surface area contributed by atoms with Crippen LogP contribution >= 0.6 is 0 Å². The number of hydrogen-bond donors (Lipinski definition) is 1. The van der Waals surface area contributed by atoms with Crippen LogP contribution in [0, 0.1) is 0 Å². The lowest BCUT2D eigenvalue weighted by atomic mass is 10.0. The third-order valence-electron chi connectivity index (χ3n) is 9.40. The molecule has 4 heterocycles. The molecule has 0 radical (unpaired) electrons. The average molecular weight is 666 g/mol. The number of anilines is 4. The van der Waals surface area contributed by atoms with Crippen LogP contribution < -0.4 is 15.1 Å². The summed E-state index contributed by atoms with van der Waals surface area (Å²) < 4.78 is 0. The van der Waals surface area contributed by atoms with E-state index in [4.69, 9.17) is 9.97 Å². The number of benzene rings is 3. The third kappa shape index (κ3) is 7.11. The van der Waals surface area contributed by atoms with Crippen molar-refractivity contribution in [2.24, 2.45) is 0 Å². The lowest BCUT2D eigenvalue weighted by Crippen LogP contribution is -2.52. The van der Waals surface area contributed by atoms with Crippen LogP contribution in [0.5, 0.6) is 0 Å². The standard InChI is InChI=1S/C40H39N7O3/c1-44(32-9-5-3-6-10-32)36-18-14-29(22-41-36)25-46(26-30-15-19-37(42-23-30)45(2)33-11-7-4-8-12-33)24-28-13-16-34-31(21-28)27-47(40(34)50)35-17-20-38(48)43-39(35)49/h3-16,18-19,21-23,35H,17,20,24-27H2,1-2H3,(H,43,48,49). The van der Waals surface area contributed by atoms with Crippen LogP contribution in [0.3, 0.4) is 0 Å². The van der Waals surface area contributed by atoms with Gasteiger partial charge in [-0.2, -0.15) is 0 Å². The van der Waals surface area contributed by atoms with Gasteiger partial charge in [0.2, 0.25) is 11.8 Å². The molecule has 0 spiro atoms. The zero-order valence-corrected chi connectivity index (χ0v) is 28.2. The second kappa shape index (κ2) is 14.3. The summed E-state index contributed by atoms with van der Waals surface area (Å²) in [5.41, 5.74) is 6.83. The van der Waals surface area contributed by atoms with Crippen LogP contribution in [-0.2, 0) is 35.8 Å². The molecular formula is C40H39N7O3. The molecule has 0 saturated carbocycles. The quantitative estimate of drug-likeness (QED) is 0.172. The van der Waals surface area contributed by atoms with Gasteiger partial charge in [0.25, 0.3) is 5.91 Å². The maximum absolute atomic E-state index is 13.3. The van der Waals surface area contributed by atoms with Gasteiger partial charge in [-0.15, -0.1) is 0 Å². The van der Waals surface area contributed by atoms with E-state index in [0.717, 1.165) is 45.3 Å². The van der Waals surface area contributed by atoms with Crippen LogP contribution in [0.25, 0.3) is 0 Å². The molecule has 2 aliphatic rings. The van der Waals surface area contributed by atoms with Crippen molar-refractivity contribution in [3.8, 4) is 0 Å². The molecule has 0 aliphatic carbocycles.